The summed E-state index contributed by atoms with van der Waals surface area (Å²) in [4.78, 5) is 11.7. The second kappa shape index (κ2) is 5.61. The van der Waals surface area contributed by atoms with Gasteiger partial charge in [0.2, 0.25) is 0 Å². The zero-order valence-corrected chi connectivity index (χ0v) is 11.3. The van der Waals surface area contributed by atoms with Crippen LogP contribution in [-0.4, -0.2) is 24.7 Å². The van der Waals surface area contributed by atoms with E-state index in [9.17, 15) is 9.90 Å². The monoisotopic (exact) mass is 263 g/mol. The van der Waals surface area contributed by atoms with Crippen molar-refractivity contribution in [1.29, 1.82) is 0 Å². The molecule has 2 rings (SSSR count). The third kappa shape index (κ3) is 2.45. The topological polar surface area (TPSA) is 72.5 Å². The number of methoxy groups -OCH3 is 1. The van der Waals surface area contributed by atoms with Crippen molar-refractivity contribution >= 4 is 5.97 Å². The molecule has 104 valence electrons. The molecule has 0 amide bonds. The highest BCUT2D eigenvalue weighted by molar-refractivity contribution is 5.76. The van der Waals surface area contributed by atoms with Crippen LogP contribution in [0.3, 0.4) is 0 Å². The van der Waals surface area contributed by atoms with Gasteiger partial charge in [-0.3, -0.25) is 4.79 Å². The van der Waals surface area contributed by atoms with E-state index in [4.69, 9.17) is 10.5 Å². The van der Waals surface area contributed by atoms with Crippen LogP contribution in [0.1, 0.15) is 37.2 Å². The summed E-state index contributed by atoms with van der Waals surface area (Å²) in [5.74, 6) is -0.0648. The molecule has 1 aromatic carbocycles. The fourth-order valence-corrected chi connectivity index (χ4v) is 3.23. The normalized spacial score (nSPS) is 19.1. The smallest absolute Gasteiger partial charge is 0.310 e. The largest absolute Gasteiger partial charge is 0.497 e. The van der Waals surface area contributed by atoms with Gasteiger partial charge >= 0.3 is 5.97 Å². The molecular formula is C15H21NO3. The Balaban J connectivity index is 2.34. The summed E-state index contributed by atoms with van der Waals surface area (Å²) in [6.07, 6.45) is 3.38. The Labute approximate surface area is 113 Å². The van der Waals surface area contributed by atoms with E-state index >= 15 is 0 Å². The second-order valence-electron chi connectivity index (χ2n) is 5.23. The molecular weight excluding hydrogens is 242 g/mol. The third-order valence-electron chi connectivity index (χ3n) is 4.34. The van der Waals surface area contributed by atoms with Gasteiger partial charge in [0, 0.05) is 12.5 Å². The van der Waals surface area contributed by atoms with Crippen LogP contribution in [0.25, 0.3) is 0 Å². The molecule has 1 fully saturated rings. The van der Waals surface area contributed by atoms with Crippen LogP contribution in [0.15, 0.2) is 24.3 Å². The van der Waals surface area contributed by atoms with Gasteiger partial charge in [-0.25, -0.2) is 0 Å². The molecule has 0 saturated heterocycles. The Morgan fingerprint density at radius 3 is 2.37 bits per heavy atom. The Hall–Kier alpha value is -1.55. The number of carboxylic acid groups (broad SMARTS) is 1. The van der Waals surface area contributed by atoms with Crippen LogP contribution in [0.5, 0.6) is 5.75 Å². The molecule has 1 saturated carbocycles. The summed E-state index contributed by atoms with van der Waals surface area (Å²) >= 11 is 0. The van der Waals surface area contributed by atoms with Gasteiger partial charge in [0.1, 0.15) is 5.75 Å². The fourth-order valence-electron chi connectivity index (χ4n) is 3.23. The minimum absolute atomic E-state index is 0.126. The van der Waals surface area contributed by atoms with Crippen LogP contribution in [-0.2, 0) is 4.79 Å². The maximum atomic E-state index is 11.7. The van der Waals surface area contributed by atoms with E-state index in [2.05, 4.69) is 0 Å². The molecule has 1 atom stereocenters. The van der Waals surface area contributed by atoms with Crippen molar-refractivity contribution in [2.75, 3.05) is 13.7 Å². The first-order chi connectivity index (χ1) is 9.14. The molecule has 1 aliphatic rings. The van der Waals surface area contributed by atoms with E-state index in [1.165, 1.54) is 0 Å². The number of nitrogens with two attached hydrogens (primary N) is 1. The molecule has 0 heterocycles. The fraction of sp³-hybridized carbons (Fsp3) is 0.533. The average molecular weight is 263 g/mol. The Kier molecular flexibility index (Phi) is 4.10. The van der Waals surface area contributed by atoms with Crippen molar-refractivity contribution in [3.05, 3.63) is 29.8 Å². The predicted molar refractivity (Wildman–Crippen MR) is 73.3 cm³/mol. The highest BCUT2D eigenvalue weighted by atomic mass is 16.5. The van der Waals surface area contributed by atoms with Crippen molar-refractivity contribution in [2.45, 2.75) is 31.6 Å². The molecule has 0 spiro atoms. The first kappa shape index (κ1) is 13.9. The molecule has 0 bridgehead atoms. The summed E-state index contributed by atoms with van der Waals surface area (Å²) in [5, 5.41) is 9.65. The van der Waals surface area contributed by atoms with Crippen LogP contribution >= 0.6 is 0 Å². The molecule has 0 aliphatic heterocycles. The number of benzene rings is 1. The van der Waals surface area contributed by atoms with Crippen molar-refractivity contribution in [1.82, 2.24) is 0 Å². The minimum Gasteiger partial charge on any atom is -0.497 e. The third-order valence-corrected chi connectivity index (χ3v) is 4.34. The number of carboxylic acids is 1. The van der Waals surface area contributed by atoms with Gasteiger partial charge in [0.15, 0.2) is 0 Å². The molecule has 0 radical (unpaired) electrons. The van der Waals surface area contributed by atoms with Crippen molar-refractivity contribution in [2.24, 2.45) is 11.1 Å². The first-order valence-electron chi connectivity index (χ1n) is 6.71. The Bertz CT molecular complexity index is 435. The number of aliphatic carboxylic acids is 1. The van der Waals surface area contributed by atoms with Gasteiger partial charge in [-0.15, -0.1) is 0 Å². The molecule has 3 N–H and O–H groups in total. The summed E-state index contributed by atoms with van der Waals surface area (Å²) < 4.78 is 5.13. The van der Waals surface area contributed by atoms with Gasteiger partial charge in [-0.05, 0) is 30.5 Å². The van der Waals surface area contributed by atoms with Gasteiger partial charge < -0.3 is 15.6 Å². The molecule has 1 aromatic rings. The Morgan fingerprint density at radius 2 is 1.95 bits per heavy atom. The van der Waals surface area contributed by atoms with E-state index in [1.54, 1.807) is 7.11 Å². The first-order valence-corrected chi connectivity index (χ1v) is 6.71. The van der Waals surface area contributed by atoms with E-state index < -0.39 is 11.4 Å². The molecule has 0 unspecified atom stereocenters. The molecule has 4 nitrogen and oxygen atoms in total. The highest BCUT2D eigenvalue weighted by Crippen LogP contribution is 2.48. The lowest BCUT2D eigenvalue weighted by Crippen LogP contribution is -2.38. The van der Waals surface area contributed by atoms with Gasteiger partial charge in [0.05, 0.1) is 12.5 Å². The summed E-state index contributed by atoms with van der Waals surface area (Å²) in [6, 6.07) is 7.59. The predicted octanol–water partition coefficient (Wildman–Crippen LogP) is 2.38. The van der Waals surface area contributed by atoms with E-state index in [-0.39, 0.29) is 5.92 Å². The van der Waals surface area contributed by atoms with Gasteiger partial charge in [-0.1, -0.05) is 25.0 Å². The lowest BCUT2D eigenvalue weighted by atomic mass is 9.70. The number of rotatable bonds is 5. The standard InChI is InChI=1S/C15H21NO3/c1-19-12-6-4-11(5-7-12)13(10-16)15(14(17)18)8-2-3-9-15/h4-7,13H,2-3,8-10,16H2,1H3,(H,17,18)/t13-/m0/s1. The van der Waals surface area contributed by atoms with Gasteiger partial charge in [-0.2, -0.15) is 0 Å². The summed E-state index contributed by atoms with van der Waals surface area (Å²) in [7, 11) is 1.62. The van der Waals surface area contributed by atoms with Gasteiger partial charge in [0.25, 0.3) is 0 Å². The van der Waals surface area contributed by atoms with Crippen LogP contribution < -0.4 is 10.5 Å². The zero-order valence-electron chi connectivity index (χ0n) is 11.3. The summed E-state index contributed by atoms with van der Waals surface area (Å²) in [5.41, 5.74) is 6.19. The van der Waals surface area contributed by atoms with Crippen molar-refractivity contribution in [3.8, 4) is 5.75 Å². The van der Waals surface area contributed by atoms with Crippen LogP contribution in [0, 0.1) is 5.41 Å². The number of carbonyl (C=O) groups is 1. The quantitative estimate of drug-likeness (QED) is 0.855. The zero-order chi connectivity index (χ0) is 13.9. The summed E-state index contributed by atoms with van der Waals surface area (Å²) in [6.45, 7) is 0.360. The number of ether oxygens (including phenoxy) is 1. The van der Waals surface area contributed by atoms with Crippen LogP contribution in [0.2, 0.25) is 0 Å². The lowest BCUT2D eigenvalue weighted by Gasteiger charge is -2.33. The van der Waals surface area contributed by atoms with Crippen molar-refractivity contribution in [3.63, 3.8) is 0 Å². The maximum absolute atomic E-state index is 11.7. The van der Waals surface area contributed by atoms with E-state index in [1.807, 2.05) is 24.3 Å². The van der Waals surface area contributed by atoms with Crippen LogP contribution in [0.4, 0.5) is 0 Å². The molecule has 0 aromatic heterocycles. The highest BCUT2D eigenvalue weighted by Gasteiger charge is 2.47. The minimum atomic E-state index is -0.712. The lowest BCUT2D eigenvalue weighted by molar-refractivity contribution is -0.150. The van der Waals surface area contributed by atoms with Crippen molar-refractivity contribution < 1.29 is 14.6 Å². The Morgan fingerprint density at radius 1 is 1.37 bits per heavy atom. The van der Waals surface area contributed by atoms with E-state index in [0.29, 0.717) is 6.54 Å². The number of hydrogen-bond acceptors (Lipinski definition) is 3. The van der Waals surface area contributed by atoms with E-state index in [0.717, 1.165) is 37.0 Å². The molecule has 4 heteroatoms. The second-order valence-corrected chi connectivity index (χ2v) is 5.23. The molecule has 19 heavy (non-hydrogen) atoms. The number of hydrogen-bond donors (Lipinski definition) is 2. The SMILES string of the molecule is COc1ccc([C@H](CN)C2(C(=O)O)CCCC2)cc1. The molecule has 1 aliphatic carbocycles. The average Bonchev–Trinajstić information content (AvgIpc) is 2.91. The maximum Gasteiger partial charge on any atom is 0.310 e.